The predicted molar refractivity (Wildman–Crippen MR) is 127 cm³/mol. The zero-order valence-corrected chi connectivity index (χ0v) is 19.1. The minimum absolute atomic E-state index is 0.243. The summed E-state index contributed by atoms with van der Waals surface area (Å²) in [6.45, 7) is 0. The molecule has 2 heterocycles. The normalized spacial score (nSPS) is 25.9. The Labute approximate surface area is 198 Å². The maximum atomic E-state index is 13.3. The number of rotatable bonds is 5. The third-order valence-electron chi connectivity index (χ3n) is 7.13. The zero-order chi connectivity index (χ0) is 23.9. The highest BCUT2D eigenvalue weighted by Crippen LogP contribution is 2.50. The van der Waals surface area contributed by atoms with Gasteiger partial charge in [-0.15, -0.1) is 0 Å². The largest absolute Gasteiger partial charge is 0.468 e. The molecule has 2 aliphatic rings. The molecule has 3 aromatic carbocycles. The van der Waals surface area contributed by atoms with Crippen LogP contribution in [0.2, 0.25) is 0 Å². The summed E-state index contributed by atoms with van der Waals surface area (Å²) in [6, 6.07) is 26.9. The Kier molecular flexibility index (Phi) is 5.54. The summed E-state index contributed by atoms with van der Waals surface area (Å²) in [5.41, 5.74) is 2.53. The minimum atomic E-state index is -1.35. The number of likely N-dealkylation sites (tertiary alicyclic amines) is 1. The number of ether oxygens (including phenoxy) is 1. The van der Waals surface area contributed by atoms with Crippen molar-refractivity contribution in [2.75, 3.05) is 14.2 Å². The van der Waals surface area contributed by atoms with Crippen LogP contribution >= 0.6 is 0 Å². The van der Waals surface area contributed by atoms with Crippen LogP contribution in [0.4, 0.5) is 0 Å². The number of hydrogen-bond donors (Lipinski definition) is 1. The van der Waals surface area contributed by atoms with E-state index in [2.05, 4.69) is 5.32 Å². The van der Waals surface area contributed by atoms with E-state index in [0.717, 1.165) is 27.2 Å². The van der Waals surface area contributed by atoms with Crippen molar-refractivity contribution in [3.63, 3.8) is 0 Å². The Morgan fingerprint density at radius 1 is 0.882 bits per heavy atom. The van der Waals surface area contributed by atoms with E-state index in [1.807, 2.05) is 84.9 Å². The lowest BCUT2D eigenvalue weighted by Gasteiger charge is -2.32. The van der Waals surface area contributed by atoms with E-state index < -0.39 is 29.4 Å². The number of methoxy groups -OCH3 is 1. The average molecular weight is 455 g/mol. The van der Waals surface area contributed by atoms with Crippen LogP contribution in [-0.4, -0.2) is 42.4 Å². The molecule has 0 bridgehead atoms. The molecule has 2 saturated heterocycles. The monoisotopic (exact) mass is 454 g/mol. The zero-order valence-electron chi connectivity index (χ0n) is 19.1. The summed E-state index contributed by atoms with van der Waals surface area (Å²) in [6.07, 6.45) is 0.243. The molecule has 34 heavy (non-hydrogen) atoms. The molecule has 6 nitrogen and oxygen atoms in total. The van der Waals surface area contributed by atoms with Gasteiger partial charge in [-0.05, 0) is 22.3 Å². The maximum absolute atomic E-state index is 13.3. The molecule has 0 radical (unpaired) electrons. The van der Waals surface area contributed by atoms with Gasteiger partial charge in [-0.25, -0.2) is 0 Å². The van der Waals surface area contributed by atoms with Crippen molar-refractivity contribution < 1.29 is 19.1 Å². The molecule has 0 spiro atoms. The van der Waals surface area contributed by atoms with Crippen molar-refractivity contribution in [2.45, 2.75) is 18.0 Å². The summed E-state index contributed by atoms with van der Waals surface area (Å²) in [7, 11) is 2.81. The maximum Gasteiger partial charge on any atom is 0.327 e. The minimum Gasteiger partial charge on any atom is -0.468 e. The topological polar surface area (TPSA) is 75.7 Å². The third-order valence-corrected chi connectivity index (χ3v) is 7.13. The van der Waals surface area contributed by atoms with E-state index in [0.29, 0.717) is 0 Å². The first-order valence-corrected chi connectivity index (χ1v) is 11.3. The van der Waals surface area contributed by atoms with Gasteiger partial charge in [-0.3, -0.25) is 24.6 Å². The number of esters is 1. The Bertz CT molecular complexity index is 1230. The first-order chi connectivity index (χ1) is 16.5. The van der Waals surface area contributed by atoms with Crippen molar-refractivity contribution in [2.24, 2.45) is 11.8 Å². The van der Waals surface area contributed by atoms with E-state index in [1.165, 1.54) is 14.2 Å². The Morgan fingerprint density at radius 3 is 2.09 bits per heavy atom. The molecule has 3 aromatic rings. The lowest BCUT2D eigenvalue weighted by Crippen LogP contribution is -2.57. The number of nitrogens with zero attached hydrogens (tertiary/aromatic N) is 1. The van der Waals surface area contributed by atoms with Crippen LogP contribution in [0.15, 0.2) is 84.9 Å². The number of amides is 2. The quantitative estimate of drug-likeness (QED) is 0.473. The highest BCUT2D eigenvalue weighted by molar-refractivity contribution is 6.09. The summed E-state index contributed by atoms with van der Waals surface area (Å²) >= 11 is 0. The average Bonchev–Trinajstić information content (AvgIpc) is 3.34. The van der Waals surface area contributed by atoms with E-state index in [-0.39, 0.29) is 18.2 Å². The summed E-state index contributed by atoms with van der Waals surface area (Å²) in [5.74, 6) is -2.71. The van der Waals surface area contributed by atoms with Crippen LogP contribution in [0.1, 0.15) is 17.2 Å². The fourth-order valence-electron chi connectivity index (χ4n) is 5.47. The number of nitrogens with one attached hydrogen (secondary N) is 1. The lowest BCUT2D eigenvalue weighted by atomic mass is 9.76. The van der Waals surface area contributed by atoms with Crippen LogP contribution in [0.25, 0.3) is 11.1 Å². The van der Waals surface area contributed by atoms with Crippen LogP contribution < -0.4 is 5.32 Å². The second-order valence-electron chi connectivity index (χ2n) is 8.97. The fraction of sp³-hybridized carbons (Fsp3) is 0.250. The van der Waals surface area contributed by atoms with Crippen molar-refractivity contribution >= 4 is 17.8 Å². The Hall–Kier alpha value is -3.77. The molecule has 2 fully saturated rings. The molecule has 172 valence electrons. The van der Waals surface area contributed by atoms with Gasteiger partial charge in [-0.1, -0.05) is 84.9 Å². The number of fused-ring (bicyclic) bond motifs is 1. The number of hydrogen-bond acceptors (Lipinski definition) is 5. The second kappa shape index (κ2) is 8.54. The van der Waals surface area contributed by atoms with Gasteiger partial charge in [0.25, 0.3) is 0 Å². The van der Waals surface area contributed by atoms with E-state index >= 15 is 0 Å². The number of carbonyl (C=O) groups is 3. The second-order valence-corrected chi connectivity index (χ2v) is 8.97. The van der Waals surface area contributed by atoms with E-state index in [4.69, 9.17) is 4.74 Å². The Balaban J connectivity index is 1.58. The van der Waals surface area contributed by atoms with Crippen LogP contribution in [0, 0.1) is 11.8 Å². The van der Waals surface area contributed by atoms with Gasteiger partial charge in [0.2, 0.25) is 11.8 Å². The van der Waals surface area contributed by atoms with Gasteiger partial charge in [0.1, 0.15) is 5.54 Å². The van der Waals surface area contributed by atoms with Crippen molar-refractivity contribution in [3.05, 3.63) is 96.1 Å². The van der Waals surface area contributed by atoms with Crippen LogP contribution in [-0.2, 0) is 25.5 Å². The molecule has 1 N–H and O–H groups in total. The number of imide groups is 1. The van der Waals surface area contributed by atoms with Gasteiger partial charge >= 0.3 is 5.97 Å². The van der Waals surface area contributed by atoms with Crippen molar-refractivity contribution in [1.82, 2.24) is 10.2 Å². The molecule has 0 aliphatic carbocycles. The van der Waals surface area contributed by atoms with Gasteiger partial charge in [0, 0.05) is 19.5 Å². The van der Waals surface area contributed by atoms with E-state index in [1.54, 1.807) is 0 Å². The molecule has 2 aliphatic heterocycles. The smallest absolute Gasteiger partial charge is 0.327 e. The molecule has 5 rings (SSSR count). The molecular weight excluding hydrogens is 428 g/mol. The summed E-state index contributed by atoms with van der Waals surface area (Å²) in [4.78, 5) is 41.0. The molecule has 4 atom stereocenters. The van der Waals surface area contributed by atoms with Crippen LogP contribution in [0.5, 0.6) is 0 Å². The molecular formula is C28H26N2O4. The van der Waals surface area contributed by atoms with Gasteiger partial charge < -0.3 is 4.74 Å². The predicted octanol–water partition coefficient (Wildman–Crippen LogP) is 3.38. The third kappa shape index (κ3) is 3.42. The van der Waals surface area contributed by atoms with Gasteiger partial charge in [0.15, 0.2) is 0 Å². The van der Waals surface area contributed by atoms with Crippen LogP contribution in [0.3, 0.4) is 0 Å². The SMILES string of the molecule is COC(=O)[C@]1(Cc2ccccc2)NC(c2ccc(-c3ccccc3)cc2)C2C(=O)N(C)C(=O)C21. The molecule has 0 aromatic heterocycles. The first kappa shape index (κ1) is 22.0. The van der Waals surface area contributed by atoms with Crippen molar-refractivity contribution in [1.29, 1.82) is 0 Å². The molecule has 0 saturated carbocycles. The summed E-state index contributed by atoms with van der Waals surface area (Å²) in [5, 5.41) is 3.42. The van der Waals surface area contributed by atoms with Gasteiger partial charge in [-0.2, -0.15) is 0 Å². The first-order valence-electron chi connectivity index (χ1n) is 11.3. The van der Waals surface area contributed by atoms with E-state index in [9.17, 15) is 14.4 Å². The van der Waals surface area contributed by atoms with Crippen molar-refractivity contribution in [3.8, 4) is 11.1 Å². The summed E-state index contributed by atoms with van der Waals surface area (Å²) < 4.78 is 5.21. The highest BCUT2D eigenvalue weighted by atomic mass is 16.5. The highest BCUT2D eigenvalue weighted by Gasteiger charge is 2.68. The standard InChI is InChI=1S/C28H26N2O4/c1-30-25(31)22-23(26(30)32)28(27(33)34-2,17-18-9-5-3-6-10-18)29-24(22)21-15-13-20(14-16-21)19-11-7-4-8-12-19/h3-16,22-24,29H,17H2,1-2H3/t22?,23?,24?,28-/m1/s1. The number of benzene rings is 3. The Morgan fingerprint density at radius 2 is 1.47 bits per heavy atom. The fourth-order valence-corrected chi connectivity index (χ4v) is 5.47. The molecule has 3 unspecified atom stereocenters. The molecule has 6 heteroatoms. The molecule has 2 amide bonds. The van der Waals surface area contributed by atoms with Gasteiger partial charge in [0.05, 0.1) is 18.9 Å². The number of carbonyl (C=O) groups excluding carboxylic acids is 3. The lowest BCUT2D eigenvalue weighted by molar-refractivity contribution is -0.153.